The maximum absolute atomic E-state index is 12.3. The molecule has 0 bridgehead atoms. The normalized spacial score (nSPS) is 16.1. The molecule has 3 rings (SSSR count). The fourth-order valence-corrected chi connectivity index (χ4v) is 3.09. The highest BCUT2D eigenvalue weighted by Gasteiger charge is 2.31. The molecule has 0 aromatic heterocycles. The Morgan fingerprint density at radius 2 is 1.95 bits per heavy atom. The van der Waals surface area contributed by atoms with Crippen LogP contribution in [0.25, 0.3) is 0 Å². The van der Waals surface area contributed by atoms with E-state index in [0.29, 0.717) is 22.9 Å². The van der Waals surface area contributed by atoms with Crippen LogP contribution in [-0.2, 0) is 11.2 Å². The van der Waals surface area contributed by atoms with Gasteiger partial charge in [0.1, 0.15) is 0 Å². The second-order valence-corrected chi connectivity index (χ2v) is 5.57. The molecule has 1 heterocycles. The summed E-state index contributed by atoms with van der Waals surface area (Å²) in [5, 5.41) is 3.46. The van der Waals surface area contributed by atoms with Crippen molar-refractivity contribution in [2.45, 2.75) is 12.3 Å². The van der Waals surface area contributed by atoms with Crippen LogP contribution >= 0.6 is 11.6 Å². The molecule has 1 N–H and O–H groups in total. The number of carbonyl (C=O) groups is 1. The molecule has 1 amide bonds. The van der Waals surface area contributed by atoms with E-state index in [1.807, 2.05) is 30.3 Å². The first-order valence-corrected chi connectivity index (χ1v) is 7.32. The smallest absolute Gasteiger partial charge is 0.232 e. The lowest BCUT2D eigenvalue weighted by atomic mass is 9.92. The number of ether oxygens (including phenoxy) is 2. The van der Waals surface area contributed by atoms with Crippen LogP contribution < -0.4 is 14.8 Å². The third kappa shape index (κ3) is 2.50. The van der Waals surface area contributed by atoms with Crippen molar-refractivity contribution in [3.63, 3.8) is 0 Å². The third-order valence-corrected chi connectivity index (χ3v) is 4.07. The van der Waals surface area contributed by atoms with Crippen molar-refractivity contribution in [3.8, 4) is 11.5 Å². The second-order valence-electron chi connectivity index (χ2n) is 5.13. The van der Waals surface area contributed by atoms with Gasteiger partial charge in [-0.3, -0.25) is 4.79 Å². The quantitative estimate of drug-likeness (QED) is 0.936. The minimum atomic E-state index is -0.256. The molecule has 5 heteroatoms. The average molecular weight is 318 g/mol. The summed E-state index contributed by atoms with van der Waals surface area (Å²) < 4.78 is 10.7. The van der Waals surface area contributed by atoms with Crippen LogP contribution in [0.3, 0.4) is 0 Å². The highest BCUT2D eigenvalue weighted by Crippen LogP contribution is 2.40. The summed E-state index contributed by atoms with van der Waals surface area (Å²) >= 11 is 6.14. The van der Waals surface area contributed by atoms with Crippen molar-refractivity contribution in [1.29, 1.82) is 0 Å². The summed E-state index contributed by atoms with van der Waals surface area (Å²) in [7, 11) is 3.15. The first kappa shape index (κ1) is 14.7. The molecule has 0 radical (unpaired) electrons. The molecule has 1 aliphatic heterocycles. The zero-order valence-corrected chi connectivity index (χ0v) is 13.1. The SMILES string of the molecule is COc1cc(Cl)cc(C[C@H]2C(=O)Nc3ccccc32)c1OC. The first-order valence-electron chi connectivity index (χ1n) is 6.94. The predicted molar refractivity (Wildman–Crippen MR) is 86.1 cm³/mol. The van der Waals surface area contributed by atoms with Crippen molar-refractivity contribution in [2.75, 3.05) is 19.5 Å². The van der Waals surface area contributed by atoms with E-state index >= 15 is 0 Å². The van der Waals surface area contributed by atoms with Gasteiger partial charge in [-0.05, 0) is 24.1 Å². The lowest BCUT2D eigenvalue weighted by Crippen LogP contribution is -2.14. The van der Waals surface area contributed by atoms with Gasteiger partial charge < -0.3 is 14.8 Å². The lowest BCUT2D eigenvalue weighted by Gasteiger charge is -2.16. The van der Waals surface area contributed by atoms with Gasteiger partial charge >= 0.3 is 0 Å². The van der Waals surface area contributed by atoms with Crippen LogP contribution in [0.1, 0.15) is 17.0 Å². The van der Waals surface area contributed by atoms with Crippen molar-refractivity contribution >= 4 is 23.2 Å². The van der Waals surface area contributed by atoms with Crippen LogP contribution in [0.5, 0.6) is 11.5 Å². The standard InChI is InChI=1S/C17H16ClNO3/c1-21-15-9-11(18)7-10(16(15)22-2)8-13-12-5-3-4-6-14(12)19-17(13)20/h3-7,9,13H,8H2,1-2H3,(H,19,20)/t13-/m1/s1. The van der Waals surface area contributed by atoms with Gasteiger partial charge in [0, 0.05) is 22.3 Å². The number of fused-ring (bicyclic) bond motifs is 1. The molecule has 0 unspecified atom stereocenters. The molecule has 0 fully saturated rings. The Morgan fingerprint density at radius 1 is 1.18 bits per heavy atom. The Hall–Kier alpha value is -2.20. The fourth-order valence-electron chi connectivity index (χ4n) is 2.86. The fraction of sp³-hybridized carbons (Fsp3) is 0.235. The maximum Gasteiger partial charge on any atom is 0.232 e. The predicted octanol–water partition coefficient (Wildman–Crippen LogP) is 3.64. The summed E-state index contributed by atoms with van der Waals surface area (Å²) in [6, 6.07) is 11.2. The minimum absolute atomic E-state index is 0.0119. The number of hydrogen-bond donors (Lipinski definition) is 1. The van der Waals surface area contributed by atoms with Gasteiger partial charge in [-0.15, -0.1) is 0 Å². The van der Waals surface area contributed by atoms with Crippen LogP contribution in [0, 0.1) is 0 Å². The summed E-state index contributed by atoms with van der Waals surface area (Å²) in [6.07, 6.45) is 0.503. The number of nitrogens with one attached hydrogen (secondary N) is 1. The number of carbonyl (C=O) groups excluding carboxylic acids is 1. The maximum atomic E-state index is 12.3. The molecule has 0 saturated heterocycles. The van der Waals surface area contributed by atoms with Crippen molar-refractivity contribution in [3.05, 3.63) is 52.5 Å². The number of halogens is 1. The number of para-hydroxylation sites is 1. The van der Waals surface area contributed by atoms with E-state index in [-0.39, 0.29) is 11.8 Å². The van der Waals surface area contributed by atoms with Crippen LogP contribution in [-0.4, -0.2) is 20.1 Å². The number of benzene rings is 2. The van der Waals surface area contributed by atoms with E-state index in [0.717, 1.165) is 16.8 Å². The lowest BCUT2D eigenvalue weighted by molar-refractivity contribution is -0.117. The Kier molecular flexibility index (Phi) is 3.94. The zero-order chi connectivity index (χ0) is 15.7. The third-order valence-electron chi connectivity index (χ3n) is 3.86. The summed E-state index contributed by atoms with van der Waals surface area (Å²) in [5.41, 5.74) is 2.71. The van der Waals surface area contributed by atoms with E-state index < -0.39 is 0 Å². The molecule has 2 aromatic rings. The van der Waals surface area contributed by atoms with Gasteiger partial charge in [-0.2, -0.15) is 0 Å². The number of methoxy groups -OCH3 is 2. The summed E-state index contributed by atoms with van der Waals surface area (Å²) in [5.74, 6) is 0.913. The number of anilines is 1. The molecule has 22 heavy (non-hydrogen) atoms. The topological polar surface area (TPSA) is 47.6 Å². The van der Waals surface area contributed by atoms with Gasteiger partial charge in [-0.25, -0.2) is 0 Å². The molecule has 114 valence electrons. The minimum Gasteiger partial charge on any atom is -0.493 e. The molecular weight excluding hydrogens is 302 g/mol. The van der Waals surface area contributed by atoms with E-state index in [4.69, 9.17) is 21.1 Å². The number of rotatable bonds is 4. The number of amides is 1. The van der Waals surface area contributed by atoms with E-state index in [9.17, 15) is 4.79 Å². The van der Waals surface area contributed by atoms with E-state index in [2.05, 4.69) is 5.32 Å². The zero-order valence-electron chi connectivity index (χ0n) is 12.4. The van der Waals surface area contributed by atoms with Crippen LogP contribution in [0.4, 0.5) is 5.69 Å². The van der Waals surface area contributed by atoms with Crippen LogP contribution in [0.2, 0.25) is 5.02 Å². The van der Waals surface area contributed by atoms with E-state index in [1.54, 1.807) is 20.3 Å². The molecule has 4 nitrogen and oxygen atoms in total. The molecule has 0 spiro atoms. The molecule has 2 aromatic carbocycles. The average Bonchev–Trinajstić information content (AvgIpc) is 2.83. The molecule has 1 aliphatic rings. The first-order chi connectivity index (χ1) is 10.6. The molecular formula is C17H16ClNO3. The van der Waals surface area contributed by atoms with Crippen molar-refractivity contribution in [1.82, 2.24) is 0 Å². The van der Waals surface area contributed by atoms with Crippen molar-refractivity contribution < 1.29 is 14.3 Å². The molecule has 1 atom stereocenters. The summed E-state index contributed by atoms with van der Waals surface area (Å²) in [4.78, 5) is 12.3. The highest BCUT2D eigenvalue weighted by atomic mass is 35.5. The Balaban J connectivity index is 2.00. The second kappa shape index (κ2) is 5.89. The largest absolute Gasteiger partial charge is 0.493 e. The highest BCUT2D eigenvalue weighted by molar-refractivity contribution is 6.30. The van der Waals surface area contributed by atoms with Crippen LogP contribution in [0.15, 0.2) is 36.4 Å². The summed E-state index contributed by atoms with van der Waals surface area (Å²) in [6.45, 7) is 0. The molecule has 0 aliphatic carbocycles. The Morgan fingerprint density at radius 3 is 2.68 bits per heavy atom. The molecule has 0 saturated carbocycles. The van der Waals surface area contributed by atoms with Gasteiger partial charge in [0.2, 0.25) is 5.91 Å². The van der Waals surface area contributed by atoms with Gasteiger partial charge in [0.05, 0.1) is 20.1 Å². The number of hydrogen-bond acceptors (Lipinski definition) is 3. The Bertz CT molecular complexity index is 730. The van der Waals surface area contributed by atoms with Gasteiger partial charge in [0.15, 0.2) is 11.5 Å². The van der Waals surface area contributed by atoms with Gasteiger partial charge in [0.25, 0.3) is 0 Å². The Labute approximate surface area is 134 Å². The monoisotopic (exact) mass is 317 g/mol. The van der Waals surface area contributed by atoms with E-state index in [1.165, 1.54) is 0 Å². The van der Waals surface area contributed by atoms with Gasteiger partial charge in [-0.1, -0.05) is 29.8 Å². The van der Waals surface area contributed by atoms with Crippen molar-refractivity contribution in [2.24, 2.45) is 0 Å².